The highest BCUT2D eigenvalue weighted by Crippen LogP contribution is 2.39. The first-order valence-electron chi connectivity index (χ1n) is 6.41. The maximum absolute atomic E-state index is 14.0. The predicted molar refractivity (Wildman–Crippen MR) is 70.8 cm³/mol. The molecule has 1 aromatic heterocycles. The molecule has 20 heavy (non-hydrogen) atoms. The second-order valence-corrected chi connectivity index (χ2v) is 6.90. The molecule has 1 aliphatic heterocycles. The molecule has 2 heterocycles. The monoisotopic (exact) mass is 295 g/mol. The zero-order valence-electron chi connectivity index (χ0n) is 10.9. The fourth-order valence-electron chi connectivity index (χ4n) is 2.37. The zero-order valence-corrected chi connectivity index (χ0v) is 11.7. The minimum absolute atomic E-state index is 0.0938. The summed E-state index contributed by atoms with van der Waals surface area (Å²) in [5.41, 5.74) is 0.902. The number of fused-ring (bicyclic) bond motifs is 1. The molecule has 0 aliphatic carbocycles. The second-order valence-electron chi connectivity index (χ2n) is 4.73. The summed E-state index contributed by atoms with van der Waals surface area (Å²) < 4.78 is 39.0. The van der Waals surface area contributed by atoms with Crippen LogP contribution in [0.25, 0.3) is 0 Å². The third-order valence-electron chi connectivity index (χ3n) is 3.49. The maximum Gasteiger partial charge on any atom is 0.267 e. The lowest BCUT2D eigenvalue weighted by molar-refractivity contribution is 0.326. The Labute approximate surface area is 116 Å². The molecule has 2 atom stereocenters. The largest absolute Gasteiger partial charge is 0.267 e. The number of rotatable bonds is 3. The average molecular weight is 295 g/mol. The summed E-state index contributed by atoms with van der Waals surface area (Å²) in [6, 6.07) is 9.06. The summed E-state index contributed by atoms with van der Waals surface area (Å²) in [5, 5.41) is 3.74. The fourth-order valence-corrected chi connectivity index (χ4v) is 3.08. The van der Waals surface area contributed by atoms with Gasteiger partial charge < -0.3 is 0 Å². The van der Waals surface area contributed by atoms with Gasteiger partial charge in [-0.25, -0.2) is 17.5 Å². The zero-order chi connectivity index (χ0) is 14.3. The Morgan fingerprint density at radius 1 is 1.35 bits per heavy atom. The van der Waals surface area contributed by atoms with Gasteiger partial charge in [0.25, 0.3) is 5.16 Å². The molecule has 0 bridgehead atoms. The summed E-state index contributed by atoms with van der Waals surface area (Å²) in [4.78, 5) is 3.88. The number of aromatic nitrogens is 3. The second kappa shape index (κ2) is 4.66. The van der Waals surface area contributed by atoms with Crippen LogP contribution in [0.5, 0.6) is 0 Å². The quantitative estimate of drug-likeness (QED) is 0.869. The molecule has 5 nitrogen and oxygen atoms in total. The van der Waals surface area contributed by atoms with Crippen LogP contribution >= 0.6 is 0 Å². The molecule has 0 saturated carbocycles. The van der Waals surface area contributed by atoms with Crippen molar-refractivity contribution in [1.82, 2.24) is 14.8 Å². The van der Waals surface area contributed by atoms with Crippen LogP contribution in [0, 0.1) is 0 Å². The number of halogens is 1. The summed E-state index contributed by atoms with van der Waals surface area (Å²) in [7, 11) is -3.51. The SMILES string of the molecule is CCS(=O)(=O)c1nc2n(n1)[C@H](c1ccccc1)C[C@@H]2F. The Balaban J connectivity index is 2.07. The Morgan fingerprint density at radius 3 is 2.70 bits per heavy atom. The molecule has 0 unspecified atom stereocenters. The van der Waals surface area contributed by atoms with E-state index in [4.69, 9.17) is 0 Å². The third-order valence-corrected chi connectivity index (χ3v) is 4.98. The van der Waals surface area contributed by atoms with Crippen molar-refractivity contribution in [2.45, 2.75) is 30.7 Å². The van der Waals surface area contributed by atoms with Crippen LogP contribution in [0.4, 0.5) is 4.39 Å². The van der Waals surface area contributed by atoms with Gasteiger partial charge in [0.2, 0.25) is 9.84 Å². The van der Waals surface area contributed by atoms with E-state index in [1.807, 2.05) is 30.3 Å². The third kappa shape index (κ3) is 2.02. The number of hydrogen-bond donors (Lipinski definition) is 0. The van der Waals surface area contributed by atoms with Crippen molar-refractivity contribution in [2.24, 2.45) is 0 Å². The van der Waals surface area contributed by atoms with Crippen LogP contribution in [-0.2, 0) is 9.84 Å². The van der Waals surface area contributed by atoms with E-state index in [-0.39, 0.29) is 29.2 Å². The van der Waals surface area contributed by atoms with Gasteiger partial charge in [-0.2, -0.15) is 4.98 Å². The molecule has 0 amide bonds. The molecule has 7 heteroatoms. The fraction of sp³-hybridized carbons (Fsp3) is 0.385. The number of benzene rings is 1. The van der Waals surface area contributed by atoms with Gasteiger partial charge in [0, 0.05) is 6.42 Å². The molecule has 0 radical (unpaired) electrons. The Morgan fingerprint density at radius 2 is 2.05 bits per heavy atom. The topological polar surface area (TPSA) is 64.8 Å². The van der Waals surface area contributed by atoms with Gasteiger partial charge in [-0.05, 0) is 5.56 Å². The molecule has 0 fully saturated rings. The highest BCUT2D eigenvalue weighted by atomic mass is 32.2. The van der Waals surface area contributed by atoms with Gasteiger partial charge in [0.1, 0.15) is 0 Å². The molecular formula is C13H14FN3O2S. The van der Waals surface area contributed by atoms with Gasteiger partial charge in [-0.15, -0.1) is 5.10 Å². The highest BCUT2D eigenvalue weighted by molar-refractivity contribution is 7.91. The van der Waals surface area contributed by atoms with Gasteiger partial charge in [-0.1, -0.05) is 37.3 Å². The van der Waals surface area contributed by atoms with E-state index in [0.29, 0.717) is 0 Å². The number of nitrogens with zero attached hydrogens (tertiary/aromatic N) is 3. The first-order valence-corrected chi connectivity index (χ1v) is 8.06. The molecule has 1 aromatic carbocycles. The standard InChI is InChI=1S/C13H14FN3O2S/c1-2-20(18,19)13-15-12-10(14)8-11(17(12)16-13)9-6-4-3-5-7-9/h3-7,10-11H,2,8H2,1H3/t10-,11-/m0/s1. The summed E-state index contributed by atoms with van der Waals surface area (Å²) >= 11 is 0. The van der Waals surface area contributed by atoms with E-state index >= 15 is 0 Å². The van der Waals surface area contributed by atoms with Gasteiger partial charge in [0.15, 0.2) is 12.0 Å². The van der Waals surface area contributed by atoms with Gasteiger partial charge in [-0.3, -0.25) is 0 Å². The molecule has 0 N–H and O–H groups in total. The first kappa shape index (κ1) is 13.2. The first-order chi connectivity index (χ1) is 9.53. The summed E-state index contributed by atoms with van der Waals surface area (Å²) in [5.74, 6) is 0.00882. The molecule has 0 spiro atoms. The van der Waals surface area contributed by atoms with Crippen molar-refractivity contribution < 1.29 is 12.8 Å². The van der Waals surface area contributed by atoms with E-state index in [9.17, 15) is 12.8 Å². The van der Waals surface area contributed by atoms with Crippen molar-refractivity contribution in [1.29, 1.82) is 0 Å². The Bertz CT molecular complexity index is 727. The van der Waals surface area contributed by atoms with Crippen LogP contribution < -0.4 is 0 Å². The van der Waals surface area contributed by atoms with Crippen molar-refractivity contribution >= 4 is 9.84 Å². The van der Waals surface area contributed by atoms with Crippen LogP contribution in [0.2, 0.25) is 0 Å². The van der Waals surface area contributed by atoms with Crippen molar-refractivity contribution in [3.63, 3.8) is 0 Å². The highest BCUT2D eigenvalue weighted by Gasteiger charge is 2.37. The molecule has 2 aromatic rings. The van der Waals surface area contributed by atoms with Crippen LogP contribution in [-0.4, -0.2) is 28.9 Å². The lowest BCUT2D eigenvalue weighted by Gasteiger charge is -2.11. The van der Waals surface area contributed by atoms with Crippen LogP contribution in [0.15, 0.2) is 35.5 Å². The lowest BCUT2D eigenvalue weighted by Crippen LogP contribution is -2.11. The van der Waals surface area contributed by atoms with Crippen molar-refractivity contribution in [3.05, 3.63) is 41.7 Å². The minimum Gasteiger partial charge on any atom is -0.239 e. The van der Waals surface area contributed by atoms with E-state index in [1.165, 1.54) is 11.6 Å². The van der Waals surface area contributed by atoms with E-state index in [2.05, 4.69) is 10.1 Å². The number of alkyl halides is 1. The predicted octanol–water partition coefficient (Wildman–Crippen LogP) is 2.08. The maximum atomic E-state index is 14.0. The molecule has 106 valence electrons. The van der Waals surface area contributed by atoms with Crippen LogP contribution in [0.3, 0.4) is 0 Å². The van der Waals surface area contributed by atoms with E-state index < -0.39 is 16.0 Å². The van der Waals surface area contributed by atoms with E-state index in [1.54, 1.807) is 0 Å². The molecule has 0 saturated heterocycles. The number of hydrogen-bond acceptors (Lipinski definition) is 4. The molecular weight excluding hydrogens is 281 g/mol. The summed E-state index contributed by atoms with van der Waals surface area (Å²) in [6.07, 6.45) is -1.04. The van der Waals surface area contributed by atoms with Crippen LogP contribution in [0.1, 0.15) is 36.9 Å². The smallest absolute Gasteiger partial charge is 0.239 e. The molecule has 1 aliphatic rings. The normalized spacial score (nSPS) is 21.9. The van der Waals surface area contributed by atoms with Gasteiger partial charge in [0.05, 0.1) is 11.8 Å². The Hall–Kier alpha value is -1.76. The summed E-state index contributed by atoms with van der Waals surface area (Å²) in [6.45, 7) is 1.52. The number of sulfone groups is 1. The van der Waals surface area contributed by atoms with E-state index in [0.717, 1.165) is 5.56 Å². The Kier molecular flexibility index (Phi) is 3.08. The van der Waals surface area contributed by atoms with Crippen molar-refractivity contribution in [2.75, 3.05) is 5.75 Å². The molecule has 3 rings (SSSR count). The minimum atomic E-state index is -3.51. The van der Waals surface area contributed by atoms with Crippen molar-refractivity contribution in [3.8, 4) is 0 Å². The van der Waals surface area contributed by atoms with Gasteiger partial charge >= 0.3 is 0 Å². The average Bonchev–Trinajstić information content (AvgIpc) is 3.01. The lowest BCUT2D eigenvalue weighted by atomic mass is 10.0.